The topological polar surface area (TPSA) is 210 Å². The van der Waals surface area contributed by atoms with Gasteiger partial charge in [0.15, 0.2) is 6.10 Å². The number of phosphoric ester groups is 1. The van der Waals surface area contributed by atoms with Gasteiger partial charge in [-0.1, -0.05) is 140 Å². The molecule has 0 amide bonds. The molecule has 1 rings (SSSR count). The van der Waals surface area contributed by atoms with E-state index in [1.54, 1.807) is 0 Å². The van der Waals surface area contributed by atoms with E-state index in [-0.39, 0.29) is 12.8 Å². The van der Waals surface area contributed by atoms with Crippen LogP contribution in [0.15, 0.2) is 48.6 Å². The Morgan fingerprint density at radius 1 is 0.533 bits per heavy atom. The third-order valence-corrected chi connectivity index (χ3v) is 11.4. The molecule has 0 heterocycles. The van der Waals surface area contributed by atoms with E-state index >= 15 is 0 Å². The van der Waals surface area contributed by atoms with Crippen LogP contribution in [0.2, 0.25) is 0 Å². The van der Waals surface area contributed by atoms with Crippen molar-refractivity contribution in [2.24, 2.45) is 0 Å². The molecule has 0 saturated heterocycles. The molecular formula is C46H81O13P. The summed E-state index contributed by atoms with van der Waals surface area (Å²) in [4.78, 5) is 35.6. The molecule has 1 fully saturated rings. The van der Waals surface area contributed by atoms with Crippen molar-refractivity contribution in [3.63, 3.8) is 0 Å². The van der Waals surface area contributed by atoms with Gasteiger partial charge in [0.1, 0.15) is 43.2 Å². The van der Waals surface area contributed by atoms with Gasteiger partial charge in [0, 0.05) is 12.8 Å². The van der Waals surface area contributed by atoms with Crippen LogP contribution in [0.5, 0.6) is 0 Å². The number of unbranched alkanes of at least 4 members (excludes halogenated alkanes) is 17. The van der Waals surface area contributed by atoms with Gasteiger partial charge in [-0.15, -0.1) is 0 Å². The van der Waals surface area contributed by atoms with Crippen molar-refractivity contribution in [2.75, 3.05) is 13.2 Å². The van der Waals surface area contributed by atoms with Crippen LogP contribution in [0.4, 0.5) is 0 Å². The molecule has 6 atom stereocenters. The van der Waals surface area contributed by atoms with Crippen LogP contribution in [0.25, 0.3) is 0 Å². The molecule has 60 heavy (non-hydrogen) atoms. The summed E-state index contributed by atoms with van der Waals surface area (Å²) in [6.45, 7) is 3.15. The van der Waals surface area contributed by atoms with Gasteiger partial charge in [-0.2, -0.15) is 0 Å². The second-order valence-corrected chi connectivity index (χ2v) is 17.3. The lowest BCUT2D eigenvalue weighted by molar-refractivity contribution is -0.220. The van der Waals surface area contributed by atoms with Crippen molar-refractivity contribution in [3.05, 3.63) is 48.6 Å². The van der Waals surface area contributed by atoms with Crippen molar-refractivity contribution >= 4 is 19.8 Å². The predicted molar refractivity (Wildman–Crippen MR) is 235 cm³/mol. The molecule has 6 unspecified atom stereocenters. The Morgan fingerprint density at radius 2 is 0.950 bits per heavy atom. The maximum atomic E-state index is 12.8. The van der Waals surface area contributed by atoms with E-state index in [1.807, 2.05) is 0 Å². The van der Waals surface area contributed by atoms with E-state index in [1.165, 1.54) is 64.2 Å². The summed E-state index contributed by atoms with van der Waals surface area (Å²) in [5, 5.41) is 50.1. The second kappa shape index (κ2) is 36.3. The number of phosphoric acid groups is 1. The SMILES string of the molecule is CC/C=C\C/C=C\C/C=C\CCCCCC(=O)OC(COC(=O)CCCCCCCCC/C=C\CCCCCCCCC)COP(=O)(O)OC1C(O)C(O)C(O)C(O)C1O. The Bertz CT molecular complexity index is 1240. The Kier molecular flexibility index (Phi) is 33.8. The number of allylic oxidation sites excluding steroid dienone is 8. The molecule has 0 aromatic heterocycles. The monoisotopic (exact) mass is 873 g/mol. The van der Waals surface area contributed by atoms with E-state index in [0.717, 1.165) is 70.6 Å². The second-order valence-electron chi connectivity index (χ2n) is 15.9. The number of aliphatic hydroxyl groups excluding tert-OH is 5. The first-order chi connectivity index (χ1) is 28.9. The number of carbonyl (C=O) groups excluding carboxylic acids is 2. The van der Waals surface area contributed by atoms with Gasteiger partial charge < -0.3 is 39.9 Å². The molecule has 0 spiro atoms. The van der Waals surface area contributed by atoms with Crippen LogP contribution in [0, 0.1) is 0 Å². The number of hydrogen-bond donors (Lipinski definition) is 6. The van der Waals surface area contributed by atoms with E-state index < -0.39 is 75.7 Å². The van der Waals surface area contributed by atoms with Crippen LogP contribution in [-0.2, 0) is 32.7 Å². The lowest BCUT2D eigenvalue weighted by Gasteiger charge is -2.41. The summed E-state index contributed by atoms with van der Waals surface area (Å²) in [5.41, 5.74) is 0. The third-order valence-electron chi connectivity index (χ3n) is 10.4. The molecule has 1 aliphatic carbocycles. The highest BCUT2D eigenvalue weighted by Crippen LogP contribution is 2.47. The van der Waals surface area contributed by atoms with E-state index in [9.17, 15) is 44.6 Å². The molecule has 1 aliphatic rings. The maximum absolute atomic E-state index is 12.8. The standard InChI is InChI=1S/C46H81O13P/c1-3-5-7-9-11-13-15-17-18-19-20-21-23-24-26-28-30-32-34-39(47)56-36-38(37-57-60(54,55)59-46-44(52)42(50)41(49)43(51)45(46)53)58-40(48)35-33-31-29-27-25-22-16-14-12-10-8-6-4-2/h6,8,12,14,18-19,22,25,38,41-46,49-53H,3-5,7,9-11,13,15-17,20-21,23-24,26-37H2,1-2H3,(H,54,55)/b8-6-,14-12-,19-18-,25-22-. The summed E-state index contributed by atoms with van der Waals surface area (Å²) in [6.07, 6.45) is 28.9. The van der Waals surface area contributed by atoms with E-state index in [4.69, 9.17) is 18.5 Å². The van der Waals surface area contributed by atoms with Crippen LogP contribution in [0.1, 0.15) is 174 Å². The van der Waals surface area contributed by atoms with Gasteiger partial charge in [-0.05, 0) is 70.6 Å². The highest BCUT2D eigenvalue weighted by Gasteiger charge is 2.51. The molecule has 13 nitrogen and oxygen atoms in total. The molecule has 0 aromatic rings. The normalized spacial score (nSPS) is 22.6. The molecule has 0 aliphatic heterocycles. The lowest BCUT2D eigenvalue weighted by atomic mass is 9.85. The van der Waals surface area contributed by atoms with Crippen molar-refractivity contribution in [3.8, 4) is 0 Å². The average Bonchev–Trinajstić information content (AvgIpc) is 3.23. The van der Waals surface area contributed by atoms with Gasteiger partial charge in [-0.25, -0.2) is 4.57 Å². The minimum Gasteiger partial charge on any atom is -0.462 e. The molecule has 0 radical (unpaired) electrons. The van der Waals surface area contributed by atoms with Crippen LogP contribution in [-0.4, -0.2) is 98.3 Å². The molecule has 14 heteroatoms. The molecule has 1 saturated carbocycles. The fourth-order valence-corrected chi connectivity index (χ4v) is 7.68. The summed E-state index contributed by atoms with van der Waals surface area (Å²) in [6, 6.07) is 0. The minimum atomic E-state index is -5.13. The van der Waals surface area contributed by atoms with Gasteiger partial charge in [0.2, 0.25) is 0 Å². The van der Waals surface area contributed by atoms with Crippen LogP contribution >= 0.6 is 7.82 Å². The first kappa shape index (κ1) is 55.8. The molecule has 0 aromatic carbocycles. The first-order valence-electron chi connectivity index (χ1n) is 22.9. The van der Waals surface area contributed by atoms with Gasteiger partial charge >= 0.3 is 19.8 Å². The Hall–Kier alpha value is -2.19. The van der Waals surface area contributed by atoms with Crippen molar-refractivity contribution in [1.82, 2.24) is 0 Å². The summed E-state index contributed by atoms with van der Waals surface area (Å²) < 4.78 is 33.5. The first-order valence-corrected chi connectivity index (χ1v) is 24.4. The number of ether oxygens (including phenoxy) is 2. The number of carbonyl (C=O) groups is 2. The number of rotatable bonds is 37. The van der Waals surface area contributed by atoms with Crippen molar-refractivity contribution < 1.29 is 63.1 Å². The highest BCUT2D eigenvalue weighted by molar-refractivity contribution is 7.47. The molecular weight excluding hydrogens is 791 g/mol. The Balaban J connectivity index is 2.46. The zero-order valence-corrected chi connectivity index (χ0v) is 37.6. The molecule has 348 valence electrons. The van der Waals surface area contributed by atoms with Gasteiger partial charge in [0.25, 0.3) is 0 Å². The van der Waals surface area contributed by atoms with E-state index in [0.29, 0.717) is 12.8 Å². The zero-order chi connectivity index (χ0) is 44.3. The number of esters is 2. The summed E-state index contributed by atoms with van der Waals surface area (Å²) in [5.74, 6) is -1.14. The largest absolute Gasteiger partial charge is 0.472 e. The summed E-state index contributed by atoms with van der Waals surface area (Å²) >= 11 is 0. The fraction of sp³-hybridized carbons (Fsp3) is 0.783. The van der Waals surface area contributed by atoms with Gasteiger partial charge in [-0.3, -0.25) is 18.6 Å². The lowest BCUT2D eigenvalue weighted by Crippen LogP contribution is -2.64. The maximum Gasteiger partial charge on any atom is 0.472 e. The van der Waals surface area contributed by atoms with Crippen LogP contribution in [0.3, 0.4) is 0 Å². The Labute approximate surface area is 360 Å². The van der Waals surface area contributed by atoms with Gasteiger partial charge in [0.05, 0.1) is 6.61 Å². The number of hydrogen-bond acceptors (Lipinski definition) is 12. The van der Waals surface area contributed by atoms with Crippen LogP contribution < -0.4 is 0 Å². The number of aliphatic hydroxyl groups is 5. The zero-order valence-electron chi connectivity index (χ0n) is 36.7. The smallest absolute Gasteiger partial charge is 0.462 e. The minimum absolute atomic E-state index is 0.0596. The Morgan fingerprint density at radius 3 is 1.48 bits per heavy atom. The predicted octanol–water partition coefficient (Wildman–Crippen LogP) is 8.78. The van der Waals surface area contributed by atoms with E-state index in [2.05, 4.69) is 62.5 Å². The third kappa shape index (κ3) is 28.4. The molecule has 6 N–H and O–H groups in total. The van der Waals surface area contributed by atoms with Crippen molar-refractivity contribution in [1.29, 1.82) is 0 Å². The quantitative estimate of drug-likeness (QED) is 0.0149. The fourth-order valence-electron chi connectivity index (χ4n) is 6.71. The summed E-state index contributed by atoms with van der Waals surface area (Å²) in [7, 11) is -5.13. The highest BCUT2D eigenvalue weighted by atomic mass is 31.2. The molecule has 0 bridgehead atoms. The average molecular weight is 873 g/mol. The van der Waals surface area contributed by atoms with Crippen molar-refractivity contribution in [2.45, 2.75) is 217 Å².